The molecule has 2 nitrogen and oxygen atoms in total. The van der Waals surface area contributed by atoms with Gasteiger partial charge < -0.3 is 4.98 Å². The van der Waals surface area contributed by atoms with Crippen LogP contribution in [-0.4, -0.2) is 10.8 Å². The first kappa shape index (κ1) is 12.6. The summed E-state index contributed by atoms with van der Waals surface area (Å²) in [6.07, 6.45) is 2.26. The molecule has 0 spiro atoms. The molecule has 1 unspecified atom stereocenters. The Balaban J connectivity index is 1.93. The average molecular weight is 300 g/mol. The molecule has 1 aliphatic carbocycles. The third kappa shape index (κ3) is 1.88. The van der Waals surface area contributed by atoms with Gasteiger partial charge in [-0.05, 0) is 47.5 Å². The topological polar surface area (TPSA) is 32.9 Å². The lowest BCUT2D eigenvalue weighted by molar-refractivity contribution is 0.0991. The highest BCUT2D eigenvalue weighted by Gasteiger charge is 2.32. The van der Waals surface area contributed by atoms with Gasteiger partial charge in [0.15, 0.2) is 5.78 Å². The second-order valence-corrected chi connectivity index (χ2v) is 5.78. The molecule has 0 radical (unpaired) electrons. The van der Waals surface area contributed by atoms with Gasteiger partial charge in [-0.2, -0.15) is 0 Å². The van der Waals surface area contributed by atoms with E-state index in [9.17, 15) is 9.18 Å². The van der Waals surface area contributed by atoms with Crippen molar-refractivity contribution in [2.45, 2.75) is 12.3 Å². The zero-order valence-corrected chi connectivity index (χ0v) is 11.7. The smallest absolute Gasteiger partial charge is 0.164 e. The van der Waals surface area contributed by atoms with Crippen molar-refractivity contribution in [1.29, 1.82) is 0 Å². The Labute approximate surface area is 125 Å². The Morgan fingerprint density at radius 1 is 1.14 bits per heavy atom. The average Bonchev–Trinajstić information content (AvgIpc) is 3.00. The lowest BCUT2D eigenvalue weighted by atomic mass is 9.93. The van der Waals surface area contributed by atoms with E-state index in [1.165, 1.54) is 12.1 Å². The summed E-state index contributed by atoms with van der Waals surface area (Å²) >= 11 is 6.06. The molecule has 2 aromatic carbocycles. The Kier molecular flexibility index (Phi) is 2.66. The van der Waals surface area contributed by atoms with Gasteiger partial charge in [-0.3, -0.25) is 4.79 Å². The van der Waals surface area contributed by atoms with Crippen molar-refractivity contribution in [3.8, 4) is 0 Å². The molecule has 4 rings (SSSR count). The summed E-state index contributed by atoms with van der Waals surface area (Å²) in [5.41, 5.74) is 3.46. The fourth-order valence-corrected chi connectivity index (χ4v) is 3.34. The van der Waals surface area contributed by atoms with E-state index in [1.54, 1.807) is 18.2 Å². The minimum absolute atomic E-state index is 0.0678. The van der Waals surface area contributed by atoms with Crippen molar-refractivity contribution in [2.75, 3.05) is 0 Å². The summed E-state index contributed by atoms with van der Waals surface area (Å²) in [5.74, 6) is -0.238. The van der Waals surface area contributed by atoms with Gasteiger partial charge in [-0.1, -0.05) is 11.6 Å². The molecule has 4 heteroatoms. The summed E-state index contributed by atoms with van der Waals surface area (Å²) < 4.78 is 13.5. The van der Waals surface area contributed by atoms with Gasteiger partial charge in [0.1, 0.15) is 5.82 Å². The van der Waals surface area contributed by atoms with Gasteiger partial charge in [-0.15, -0.1) is 0 Å². The first-order chi connectivity index (χ1) is 10.1. The molecule has 1 aromatic heterocycles. The highest BCUT2D eigenvalue weighted by atomic mass is 35.5. The van der Waals surface area contributed by atoms with Crippen LogP contribution in [0.1, 0.15) is 33.8 Å². The van der Waals surface area contributed by atoms with Crippen LogP contribution in [0, 0.1) is 5.82 Å². The third-order valence-corrected chi connectivity index (χ3v) is 4.37. The number of carbonyl (C=O) groups excluding carboxylic acids is 1. The number of ketones is 1. The number of hydrogen-bond acceptors (Lipinski definition) is 1. The first-order valence-corrected chi connectivity index (χ1v) is 7.10. The maximum atomic E-state index is 13.5. The standard InChI is InChI=1S/C17H11ClFNO/c18-9-1-3-11-12(5-9)13(7-17(11)21)15-8-20-16-4-2-10(19)6-14(15)16/h1-6,8,13,20H,7H2. The van der Waals surface area contributed by atoms with E-state index < -0.39 is 0 Å². The number of halogens is 2. The van der Waals surface area contributed by atoms with E-state index in [0.29, 0.717) is 11.4 Å². The van der Waals surface area contributed by atoms with Crippen LogP contribution in [-0.2, 0) is 0 Å². The summed E-state index contributed by atoms with van der Waals surface area (Å²) in [5, 5.41) is 1.43. The molecule has 1 N–H and O–H groups in total. The second-order valence-electron chi connectivity index (χ2n) is 5.35. The van der Waals surface area contributed by atoms with E-state index in [0.717, 1.165) is 27.6 Å². The number of aromatic nitrogens is 1. The number of hydrogen-bond donors (Lipinski definition) is 1. The zero-order chi connectivity index (χ0) is 14.6. The van der Waals surface area contributed by atoms with Crippen molar-refractivity contribution >= 4 is 28.3 Å². The largest absolute Gasteiger partial charge is 0.361 e. The third-order valence-electron chi connectivity index (χ3n) is 4.13. The minimum atomic E-state index is -0.279. The van der Waals surface area contributed by atoms with Crippen LogP contribution >= 0.6 is 11.6 Å². The summed E-state index contributed by atoms with van der Waals surface area (Å²) in [4.78, 5) is 15.3. The van der Waals surface area contributed by atoms with Crippen LogP contribution in [0.15, 0.2) is 42.6 Å². The molecule has 1 atom stereocenters. The molecular weight excluding hydrogens is 289 g/mol. The maximum absolute atomic E-state index is 13.5. The number of fused-ring (bicyclic) bond motifs is 2. The van der Waals surface area contributed by atoms with Crippen LogP contribution < -0.4 is 0 Å². The Morgan fingerprint density at radius 2 is 2.00 bits per heavy atom. The first-order valence-electron chi connectivity index (χ1n) is 6.72. The molecule has 104 valence electrons. The Bertz CT molecular complexity index is 884. The fraction of sp³-hybridized carbons (Fsp3) is 0.118. The number of rotatable bonds is 1. The Morgan fingerprint density at radius 3 is 2.86 bits per heavy atom. The summed E-state index contributed by atoms with van der Waals surface area (Å²) in [7, 11) is 0. The zero-order valence-electron chi connectivity index (χ0n) is 11.0. The minimum Gasteiger partial charge on any atom is -0.361 e. The van der Waals surface area contributed by atoms with Crippen molar-refractivity contribution < 1.29 is 9.18 Å². The molecule has 1 aliphatic rings. The number of Topliss-reactive ketones (excluding diaryl/α,β-unsaturated/α-hetero) is 1. The predicted molar refractivity (Wildman–Crippen MR) is 80.5 cm³/mol. The summed E-state index contributed by atoms with van der Waals surface area (Å²) in [6, 6.07) is 9.99. The van der Waals surface area contributed by atoms with Gasteiger partial charge in [0.25, 0.3) is 0 Å². The lowest BCUT2D eigenvalue weighted by Crippen LogP contribution is -1.96. The summed E-state index contributed by atoms with van der Waals surface area (Å²) in [6.45, 7) is 0. The van der Waals surface area contributed by atoms with Crippen molar-refractivity contribution in [1.82, 2.24) is 4.98 Å². The molecule has 0 bridgehead atoms. The van der Waals surface area contributed by atoms with Crippen molar-refractivity contribution in [2.24, 2.45) is 0 Å². The van der Waals surface area contributed by atoms with Gasteiger partial charge in [-0.25, -0.2) is 4.39 Å². The van der Waals surface area contributed by atoms with Gasteiger partial charge in [0.05, 0.1) is 0 Å². The number of carbonyl (C=O) groups is 1. The molecule has 0 amide bonds. The molecule has 0 fully saturated rings. The maximum Gasteiger partial charge on any atom is 0.164 e. The van der Waals surface area contributed by atoms with Gasteiger partial charge >= 0.3 is 0 Å². The van der Waals surface area contributed by atoms with E-state index >= 15 is 0 Å². The normalized spacial score (nSPS) is 17.4. The van der Waals surface area contributed by atoms with E-state index in [-0.39, 0.29) is 17.5 Å². The van der Waals surface area contributed by atoms with E-state index in [4.69, 9.17) is 11.6 Å². The van der Waals surface area contributed by atoms with Crippen LogP contribution in [0.5, 0.6) is 0 Å². The van der Waals surface area contributed by atoms with Crippen molar-refractivity contribution in [3.05, 3.63) is 70.1 Å². The highest BCUT2D eigenvalue weighted by molar-refractivity contribution is 6.30. The Hall–Kier alpha value is -2.13. The second kappa shape index (κ2) is 4.43. The molecule has 0 saturated heterocycles. The number of nitrogens with one attached hydrogen (secondary N) is 1. The SMILES string of the molecule is O=C1CC(c2c[nH]c3ccc(F)cc23)c2cc(Cl)ccc21. The van der Waals surface area contributed by atoms with E-state index in [2.05, 4.69) is 4.98 Å². The predicted octanol–water partition coefficient (Wildman–Crippen LogP) is 4.68. The molecule has 0 aliphatic heterocycles. The fourth-order valence-electron chi connectivity index (χ4n) is 3.16. The number of benzene rings is 2. The van der Waals surface area contributed by atoms with Crippen LogP contribution in [0.25, 0.3) is 10.9 Å². The molecular formula is C17H11ClFNO. The van der Waals surface area contributed by atoms with Gasteiger partial charge in [0.2, 0.25) is 0 Å². The van der Waals surface area contributed by atoms with Gasteiger partial charge in [0, 0.05) is 40.0 Å². The van der Waals surface area contributed by atoms with Crippen LogP contribution in [0.4, 0.5) is 4.39 Å². The van der Waals surface area contributed by atoms with Crippen LogP contribution in [0.3, 0.4) is 0 Å². The quantitative estimate of drug-likeness (QED) is 0.695. The van der Waals surface area contributed by atoms with Crippen LogP contribution in [0.2, 0.25) is 5.02 Å². The highest BCUT2D eigenvalue weighted by Crippen LogP contribution is 2.41. The monoisotopic (exact) mass is 299 g/mol. The molecule has 1 heterocycles. The molecule has 21 heavy (non-hydrogen) atoms. The lowest BCUT2D eigenvalue weighted by Gasteiger charge is -2.10. The number of aromatic amines is 1. The molecule has 0 saturated carbocycles. The van der Waals surface area contributed by atoms with E-state index in [1.807, 2.05) is 12.3 Å². The molecule has 3 aromatic rings. The van der Waals surface area contributed by atoms with Crippen molar-refractivity contribution in [3.63, 3.8) is 0 Å². The number of H-pyrrole nitrogens is 1.